The summed E-state index contributed by atoms with van der Waals surface area (Å²) in [6.45, 7) is 1.80. The van der Waals surface area contributed by atoms with E-state index in [1.165, 1.54) is 36.4 Å². The van der Waals surface area contributed by atoms with Crippen LogP contribution in [0.5, 0.6) is 0 Å². The lowest BCUT2D eigenvalue weighted by atomic mass is 9.13. The third kappa shape index (κ3) is 5.17. The van der Waals surface area contributed by atoms with Gasteiger partial charge in [-0.2, -0.15) is 61.4 Å². The van der Waals surface area contributed by atoms with Crippen LogP contribution in [0.2, 0.25) is 0 Å². The standard InChI is InChI=1S/C28H19BF9/c1-18-2-10-22(11-3-18)29(23-12-4-19(5-13-23)26(30,31)32,24-14-6-20(7-15-24)27(33,34)35)25-16-8-21(9-17-25)28(36,37)38/h2-17H,1H3/q-1. The third-order valence-electron chi connectivity index (χ3n) is 6.79. The van der Waals surface area contributed by atoms with Crippen LogP contribution in [-0.2, 0) is 18.5 Å². The molecule has 0 aliphatic rings. The van der Waals surface area contributed by atoms with Crippen molar-refractivity contribution in [1.82, 2.24) is 0 Å². The second-order valence-corrected chi connectivity index (χ2v) is 9.14. The summed E-state index contributed by atoms with van der Waals surface area (Å²) in [5.41, 5.74) is -0.580. The Hall–Kier alpha value is -3.69. The van der Waals surface area contributed by atoms with Crippen LogP contribution in [0.15, 0.2) is 97.1 Å². The van der Waals surface area contributed by atoms with Gasteiger partial charge in [0.05, 0.1) is 16.7 Å². The van der Waals surface area contributed by atoms with Crippen LogP contribution >= 0.6 is 0 Å². The largest absolute Gasteiger partial charge is 0.416 e. The zero-order valence-corrected chi connectivity index (χ0v) is 19.7. The number of rotatable bonds is 4. The number of hydrogen-bond acceptors (Lipinski definition) is 0. The molecule has 0 fully saturated rings. The average molecular weight is 537 g/mol. The van der Waals surface area contributed by atoms with E-state index in [1.807, 2.05) is 0 Å². The summed E-state index contributed by atoms with van der Waals surface area (Å²) in [7, 11) is 0. The summed E-state index contributed by atoms with van der Waals surface area (Å²) in [6, 6.07) is 19.3. The predicted octanol–water partition coefficient (Wildman–Crippen LogP) is 6.43. The Morgan fingerprint density at radius 1 is 0.368 bits per heavy atom. The molecule has 0 bridgehead atoms. The molecule has 0 aliphatic carbocycles. The second kappa shape index (κ2) is 9.56. The Morgan fingerprint density at radius 2 is 0.579 bits per heavy atom. The summed E-state index contributed by atoms with van der Waals surface area (Å²) < 4.78 is 120. The molecule has 0 amide bonds. The molecule has 0 radical (unpaired) electrons. The Bertz CT molecular complexity index is 1240. The summed E-state index contributed by atoms with van der Waals surface area (Å²) >= 11 is 0. The number of hydrogen-bond donors (Lipinski definition) is 0. The van der Waals surface area contributed by atoms with Crippen molar-refractivity contribution >= 4 is 28.0 Å². The monoisotopic (exact) mass is 537 g/mol. The highest BCUT2D eigenvalue weighted by atomic mass is 19.4. The van der Waals surface area contributed by atoms with Gasteiger partial charge in [-0.05, 0) is 6.92 Å². The van der Waals surface area contributed by atoms with Gasteiger partial charge in [-0.25, -0.2) is 0 Å². The first-order valence-corrected chi connectivity index (χ1v) is 11.4. The average Bonchev–Trinajstić information content (AvgIpc) is 2.85. The Balaban J connectivity index is 2.07. The highest BCUT2D eigenvalue weighted by Gasteiger charge is 2.37. The van der Waals surface area contributed by atoms with Crippen LogP contribution in [0.25, 0.3) is 0 Å². The van der Waals surface area contributed by atoms with Crippen molar-refractivity contribution in [3.63, 3.8) is 0 Å². The maximum Gasteiger partial charge on any atom is 0.416 e. The van der Waals surface area contributed by atoms with Gasteiger partial charge in [-0.1, -0.05) is 103 Å². The Kier molecular flexibility index (Phi) is 6.88. The minimum Gasteiger partial charge on any atom is -0.195 e. The normalized spacial score (nSPS) is 13.0. The first-order chi connectivity index (χ1) is 17.6. The molecule has 0 spiro atoms. The van der Waals surface area contributed by atoms with E-state index in [-0.39, 0.29) is 0 Å². The predicted molar refractivity (Wildman–Crippen MR) is 130 cm³/mol. The molecule has 4 aromatic carbocycles. The van der Waals surface area contributed by atoms with Gasteiger partial charge >= 0.3 is 18.5 Å². The fourth-order valence-corrected chi connectivity index (χ4v) is 4.89. The van der Waals surface area contributed by atoms with Crippen molar-refractivity contribution in [2.24, 2.45) is 0 Å². The minimum absolute atomic E-state index is 0.293. The van der Waals surface area contributed by atoms with E-state index in [4.69, 9.17) is 0 Å². The topological polar surface area (TPSA) is 0 Å². The second-order valence-electron chi connectivity index (χ2n) is 9.14. The lowest BCUT2D eigenvalue weighted by molar-refractivity contribution is -0.138. The number of alkyl halides is 9. The molecule has 38 heavy (non-hydrogen) atoms. The molecule has 0 aliphatic heterocycles. The Labute approximate surface area is 212 Å². The molecular formula is C28H19BF9-. The van der Waals surface area contributed by atoms with E-state index >= 15 is 0 Å². The summed E-state index contributed by atoms with van der Waals surface area (Å²) in [5.74, 6) is 0. The van der Waals surface area contributed by atoms with Gasteiger partial charge < -0.3 is 0 Å². The summed E-state index contributed by atoms with van der Waals surface area (Å²) in [5, 5.41) is 0. The van der Waals surface area contributed by atoms with E-state index in [2.05, 4.69) is 0 Å². The zero-order valence-electron chi connectivity index (χ0n) is 19.7. The minimum atomic E-state index is -4.64. The van der Waals surface area contributed by atoms with Crippen LogP contribution in [0.1, 0.15) is 22.3 Å². The van der Waals surface area contributed by atoms with E-state index < -0.39 is 41.4 Å². The highest BCUT2D eigenvalue weighted by Crippen LogP contribution is 2.31. The maximum atomic E-state index is 13.3. The first-order valence-electron chi connectivity index (χ1n) is 11.4. The van der Waals surface area contributed by atoms with Crippen LogP contribution in [0, 0.1) is 6.92 Å². The molecule has 0 N–H and O–H groups in total. The van der Waals surface area contributed by atoms with Gasteiger partial charge in [0, 0.05) is 0 Å². The molecule has 0 unspecified atom stereocenters. The van der Waals surface area contributed by atoms with Crippen LogP contribution in [0.4, 0.5) is 39.5 Å². The van der Waals surface area contributed by atoms with Crippen LogP contribution in [0.3, 0.4) is 0 Å². The summed E-state index contributed by atoms with van der Waals surface area (Å²) in [6.07, 6.45) is -16.4. The molecule has 4 rings (SSSR count). The van der Waals surface area contributed by atoms with Gasteiger partial charge in [0.15, 0.2) is 0 Å². The van der Waals surface area contributed by atoms with Crippen molar-refractivity contribution in [2.75, 3.05) is 0 Å². The third-order valence-corrected chi connectivity index (χ3v) is 6.79. The SMILES string of the molecule is Cc1ccc([B-](c2ccc(C(F)(F)F)cc2)(c2ccc(C(F)(F)F)cc2)c2ccc(C(F)(F)F)cc2)cc1. The maximum absolute atomic E-state index is 13.3. The zero-order chi connectivity index (χ0) is 27.9. The van der Waals surface area contributed by atoms with Gasteiger partial charge in [0.2, 0.25) is 0 Å². The molecule has 0 heterocycles. The van der Waals surface area contributed by atoms with E-state index in [9.17, 15) is 39.5 Å². The van der Waals surface area contributed by atoms with E-state index in [0.29, 0.717) is 21.9 Å². The van der Waals surface area contributed by atoms with Gasteiger partial charge in [0.25, 0.3) is 0 Å². The molecule has 4 aromatic rings. The highest BCUT2D eigenvalue weighted by molar-refractivity contribution is 7.19. The van der Waals surface area contributed by atoms with Crippen molar-refractivity contribution in [3.05, 3.63) is 119 Å². The first kappa shape index (κ1) is 27.4. The van der Waals surface area contributed by atoms with Crippen molar-refractivity contribution in [3.8, 4) is 0 Å². The van der Waals surface area contributed by atoms with Crippen molar-refractivity contribution in [2.45, 2.75) is 25.5 Å². The lowest BCUT2D eigenvalue weighted by Crippen LogP contribution is -2.74. The molecule has 0 saturated carbocycles. The van der Waals surface area contributed by atoms with Crippen molar-refractivity contribution < 1.29 is 39.5 Å². The quantitative estimate of drug-likeness (QED) is 0.208. The molecular weight excluding hydrogens is 518 g/mol. The fourth-order valence-electron chi connectivity index (χ4n) is 4.89. The summed E-state index contributed by atoms with van der Waals surface area (Å²) in [4.78, 5) is 0. The van der Waals surface area contributed by atoms with Gasteiger partial charge in [-0.15, -0.1) is 0 Å². The number of aryl methyl sites for hydroxylation is 1. The molecule has 0 nitrogen and oxygen atoms in total. The molecule has 0 aromatic heterocycles. The van der Waals surface area contributed by atoms with Crippen LogP contribution in [-0.4, -0.2) is 6.15 Å². The number of benzene rings is 4. The van der Waals surface area contributed by atoms with Crippen LogP contribution < -0.4 is 21.9 Å². The lowest BCUT2D eigenvalue weighted by Gasteiger charge is -2.44. The fraction of sp³-hybridized carbons (Fsp3) is 0.143. The van der Waals surface area contributed by atoms with E-state index in [0.717, 1.165) is 42.0 Å². The van der Waals surface area contributed by atoms with E-state index in [1.54, 1.807) is 31.2 Å². The molecule has 0 saturated heterocycles. The molecule has 10 heteroatoms. The Morgan fingerprint density at radius 3 is 0.789 bits per heavy atom. The number of halogens is 9. The van der Waals surface area contributed by atoms with Gasteiger partial charge in [-0.3, -0.25) is 0 Å². The molecule has 0 atom stereocenters. The molecule has 198 valence electrons. The smallest absolute Gasteiger partial charge is 0.195 e. The van der Waals surface area contributed by atoms with Gasteiger partial charge in [0.1, 0.15) is 6.15 Å². The van der Waals surface area contributed by atoms with Crippen molar-refractivity contribution in [1.29, 1.82) is 0 Å².